The van der Waals surface area contributed by atoms with E-state index in [9.17, 15) is 15.0 Å². The Morgan fingerprint density at radius 3 is 2.36 bits per heavy atom. The summed E-state index contributed by atoms with van der Waals surface area (Å²) < 4.78 is 5.67. The predicted octanol–water partition coefficient (Wildman–Crippen LogP) is 2.20. The largest absolute Gasteiger partial charge is 0.481 e. The first-order chi connectivity index (χ1) is 10.4. The Labute approximate surface area is 131 Å². The van der Waals surface area contributed by atoms with Crippen LogP contribution in [0.15, 0.2) is 30.3 Å². The Hall–Kier alpha value is -1.43. The minimum absolute atomic E-state index is 0.107. The molecule has 5 heteroatoms. The third kappa shape index (κ3) is 7.02. The molecule has 1 rings (SSSR count). The summed E-state index contributed by atoms with van der Waals surface area (Å²) in [6.07, 6.45) is -0.572. The molecule has 1 aromatic rings. The van der Waals surface area contributed by atoms with E-state index in [1.807, 2.05) is 37.3 Å². The van der Waals surface area contributed by atoms with Gasteiger partial charge in [0.25, 0.3) is 0 Å². The second kappa shape index (κ2) is 9.56. The van der Waals surface area contributed by atoms with E-state index >= 15 is 0 Å². The molecule has 1 aromatic carbocycles. The van der Waals surface area contributed by atoms with Gasteiger partial charge >= 0.3 is 5.97 Å². The van der Waals surface area contributed by atoms with Gasteiger partial charge in [-0.3, -0.25) is 4.79 Å². The third-order valence-electron chi connectivity index (χ3n) is 3.74. The van der Waals surface area contributed by atoms with Crippen molar-refractivity contribution in [3.05, 3.63) is 35.9 Å². The van der Waals surface area contributed by atoms with E-state index in [1.165, 1.54) is 6.92 Å². The van der Waals surface area contributed by atoms with Crippen LogP contribution in [0.5, 0.6) is 0 Å². The average molecular weight is 310 g/mol. The number of carbonyl (C=O) groups is 1. The van der Waals surface area contributed by atoms with Crippen molar-refractivity contribution < 1.29 is 24.9 Å². The van der Waals surface area contributed by atoms with Crippen LogP contribution in [-0.2, 0) is 16.1 Å². The number of hydrogen-bond donors (Lipinski definition) is 3. The van der Waals surface area contributed by atoms with Crippen molar-refractivity contribution in [3.63, 3.8) is 0 Å². The Kier molecular flexibility index (Phi) is 8.09. The molecule has 0 radical (unpaired) electrons. The fourth-order valence-corrected chi connectivity index (χ4v) is 2.16. The van der Waals surface area contributed by atoms with E-state index in [0.29, 0.717) is 19.4 Å². The molecular weight excluding hydrogens is 284 g/mol. The summed E-state index contributed by atoms with van der Waals surface area (Å²) in [6, 6.07) is 9.80. The molecule has 0 saturated carbocycles. The maximum Gasteiger partial charge on any atom is 0.308 e. The lowest BCUT2D eigenvalue weighted by atomic mass is 9.97. The van der Waals surface area contributed by atoms with Crippen LogP contribution in [0.3, 0.4) is 0 Å². The van der Waals surface area contributed by atoms with Gasteiger partial charge in [0.1, 0.15) is 0 Å². The lowest BCUT2D eigenvalue weighted by molar-refractivity contribution is -0.145. The molecule has 0 fully saturated rings. The topological polar surface area (TPSA) is 87.0 Å². The summed E-state index contributed by atoms with van der Waals surface area (Å²) in [5.74, 6) is -1.85. The van der Waals surface area contributed by atoms with Crippen LogP contribution >= 0.6 is 0 Å². The Bertz CT molecular complexity index is 434. The van der Waals surface area contributed by atoms with E-state index in [1.54, 1.807) is 0 Å². The SMILES string of the molecule is C[C@H](C[C@@H](O)CC[C@H](O)[C@H](C)C(=O)O)OCc1ccccc1. The molecule has 0 unspecified atom stereocenters. The summed E-state index contributed by atoms with van der Waals surface area (Å²) in [5.41, 5.74) is 1.08. The van der Waals surface area contributed by atoms with Gasteiger partial charge in [0.2, 0.25) is 0 Å². The lowest BCUT2D eigenvalue weighted by Gasteiger charge is -2.20. The number of carboxylic acid groups (broad SMARTS) is 1. The maximum atomic E-state index is 10.7. The van der Waals surface area contributed by atoms with Crippen LogP contribution in [0.1, 0.15) is 38.7 Å². The first-order valence-electron chi connectivity index (χ1n) is 7.64. The molecule has 5 nitrogen and oxygen atoms in total. The van der Waals surface area contributed by atoms with Crippen molar-refractivity contribution in [3.8, 4) is 0 Å². The van der Waals surface area contributed by atoms with E-state index in [-0.39, 0.29) is 12.5 Å². The van der Waals surface area contributed by atoms with Crippen molar-refractivity contribution >= 4 is 5.97 Å². The molecule has 124 valence electrons. The minimum Gasteiger partial charge on any atom is -0.481 e. The Balaban J connectivity index is 2.23. The summed E-state index contributed by atoms with van der Waals surface area (Å²) in [6.45, 7) is 3.85. The summed E-state index contributed by atoms with van der Waals surface area (Å²) in [4.78, 5) is 10.7. The van der Waals surface area contributed by atoms with E-state index in [4.69, 9.17) is 9.84 Å². The van der Waals surface area contributed by atoms with Crippen molar-refractivity contribution in [2.75, 3.05) is 0 Å². The molecular formula is C17H26O5. The molecule has 0 aromatic heterocycles. The minimum atomic E-state index is -1.03. The smallest absolute Gasteiger partial charge is 0.308 e. The number of aliphatic hydroxyl groups excluding tert-OH is 2. The lowest BCUT2D eigenvalue weighted by Crippen LogP contribution is -2.27. The Morgan fingerprint density at radius 1 is 1.14 bits per heavy atom. The second-order valence-electron chi connectivity index (χ2n) is 5.77. The molecule has 3 N–H and O–H groups in total. The van der Waals surface area contributed by atoms with Crippen LogP contribution in [0, 0.1) is 5.92 Å². The standard InChI is InChI=1S/C17H26O5/c1-12(22-11-14-6-4-3-5-7-14)10-15(18)8-9-16(19)13(2)17(20)21/h3-7,12-13,15-16,18-19H,8-11H2,1-2H3,(H,20,21)/t12-,13+,15+,16+/m1/s1. The van der Waals surface area contributed by atoms with Gasteiger partial charge in [0, 0.05) is 0 Å². The molecule has 0 aliphatic carbocycles. The zero-order valence-corrected chi connectivity index (χ0v) is 13.2. The highest BCUT2D eigenvalue weighted by Crippen LogP contribution is 2.15. The van der Waals surface area contributed by atoms with E-state index in [0.717, 1.165) is 5.56 Å². The number of aliphatic hydroxyl groups is 2. The first kappa shape index (κ1) is 18.6. The zero-order valence-electron chi connectivity index (χ0n) is 13.2. The van der Waals surface area contributed by atoms with E-state index < -0.39 is 24.1 Å². The summed E-state index contributed by atoms with van der Waals surface area (Å²) in [7, 11) is 0. The van der Waals surface area contributed by atoms with Crippen LogP contribution in [-0.4, -0.2) is 39.6 Å². The fraction of sp³-hybridized carbons (Fsp3) is 0.588. The predicted molar refractivity (Wildman–Crippen MR) is 83.4 cm³/mol. The average Bonchev–Trinajstić information content (AvgIpc) is 2.50. The van der Waals surface area contributed by atoms with Crippen LogP contribution in [0.2, 0.25) is 0 Å². The third-order valence-corrected chi connectivity index (χ3v) is 3.74. The van der Waals surface area contributed by atoms with Crippen molar-refractivity contribution in [2.24, 2.45) is 5.92 Å². The highest BCUT2D eigenvalue weighted by Gasteiger charge is 2.22. The van der Waals surface area contributed by atoms with Gasteiger partial charge in [-0.15, -0.1) is 0 Å². The molecule has 0 spiro atoms. The van der Waals surface area contributed by atoms with Gasteiger partial charge in [-0.25, -0.2) is 0 Å². The summed E-state index contributed by atoms with van der Waals surface area (Å²) in [5, 5.41) is 28.4. The molecule has 0 amide bonds. The van der Waals surface area contributed by atoms with Gasteiger partial charge < -0.3 is 20.1 Å². The van der Waals surface area contributed by atoms with Crippen LogP contribution < -0.4 is 0 Å². The van der Waals surface area contributed by atoms with Crippen molar-refractivity contribution in [1.82, 2.24) is 0 Å². The fourth-order valence-electron chi connectivity index (χ4n) is 2.16. The number of rotatable bonds is 10. The van der Waals surface area contributed by atoms with Gasteiger partial charge in [-0.2, -0.15) is 0 Å². The Morgan fingerprint density at radius 2 is 1.77 bits per heavy atom. The van der Waals surface area contributed by atoms with Crippen LogP contribution in [0.4, 0.5) is 0 Å². The number of aliphatic carboxylic acids is 1. The zero-order chi connectivity index (χ0) is 16.5. The van der Waals surface area contributed by atoms with Gasteiger partial charge in [-0.1, -0.05) is 30.3 Å². The molecule has 0 aliphatic heterocycles. The molecule has 0 bridgehead atoms. The maximum absolute atomic E-state index is 10.7. The number of benzene rings is 1. The highest BCUT2D eigenvalue weighted by atomic mass is 16.5. The number of carboxylic acids is 1. The second-order valence-corrected chi connectivity index (χ2v) is 5.77. The van der Waals surface area contributed by atoms with Gasteiger partial charge in [-0.05, 0) is 38.7 Å². The molecule has 0 aliphatic rings. The monoisotopic (exact) mass is 310 g/mol. The first-order valence-corrected chi connectivity index (χ1v) is 7.64. The van der Waals surface area contributed by atoms with Crippen molar-refractivity contribution in [1.29, 1.82) is 0 Å². The number of ether oxygens (including phenoxy) is 1. The summed E-state index contributed by atoms with van der Waals surface area (Å²) >= 11 is 0. The van der Waals surface area contributed by atoms with Crippen molar-refractivity contribution in [2.45, 2.75) is 58.0 Å². The number of hydrogen-bond acceptors (Lipinski definition) is 4. The normalized spacial score (nSPS) is 16.7. The highest BCUT2D eigenvalue weighted by molar-refractivity contribution is 5.70. The molecule has 22 heavy (non-hydrogen) atoms. The molecule has 0 heterocycles. The molecule has 4 atom stereocenters. The van der Waals surface area contributed by atoms with Crippen LogP contribution in [0.25, 0.3) is 0 Å². The van der Waals surface area contributed by atoms with Gasteiger partial charge in [0.15, 0.2) is 0 Å². The van der Waals surface area contributed by atoms with Gasteiger partial charge in [0.05, 0.1) is 30.8 Å². The van der Waals surface area contributed by atoms with E-state index in [2.05, 4.69) is 0 Å². The quantitative estimate of drug-likeness (QED) is 0.617. The molecule has 0 saturated heterocycles.